The molecule has 3 aromatic rings. The fourth-order valence-corrected chi connectivity index (χ4v) is 2.47. The Morgan fingerprint density at radius 1 is 1.12 bits per heavy atom. The van der Waals surface area contributed by atoms with Gasteiger partial charge in [0, 0.05) is 18.9 Å². The van der Waals surface area contributed by atoms with E-state index in [2.05, 4.69) is 15.4 Å². The number of nitrogens with zero attached hydrogens (tertiary/aromatic N) is 3. The molecule has 0 aliphatic heterocycles. The van der Waals surface area contributed by atoms with Crippen LogP contribution in [0.15, 0.2) is 48.8 Å². The van der Waals surface area contributed by atoms with Crippen LogP contribution >= 0.6 is 0 Å². The fraction of sp³-hybridized carbons (Fsp3) is 0.211. The third-order valence-corrected chi connectivity index (χ3v) is 3.87. The number of aryl methyl sites for hydroxylation is 1. The van der Waals surface area contributed by atoms with E-state index in [1.165, 1.54) is 6.20 Å². The summed E-state index contributed by atoms with van der Waals surface area (Å²) < 4.78 is 12.1. The molecule has 7 nitrogen and oxygen atoms in total. The molecule has 0 aliphatic rings. The predicted octanol–water partition coefficient (Wildman–Crippen LogP) is 2.52. The normalized spacial score (nSPS) is 10.4. The summed E-state index contributed by atoms with van der Waals surface area (Å²) in [6, 6.07) is 10.9. The number of benzene rings is 1. The molecule has 0 saturated heterocycles. The molecule has 3 rings (SSSR count). The van der Waals surface area contributed by atoms with Gasteiger partial charge in [-0.1, -0.05) is 6.07 Å². The van der Waals surface area contributed by atoms with Crippen LogP contribution in [0.5, 0.6) is 11.5 Å². The van der Waals surface area contributed by atoms with Gasteiger partial charge in [0.15, 0.2) is 17.3 Å². The van der Waals surface area contributed by atoms with Gasteiger partial charge in [-0.25, -0.2) is 9.67 Å². The molecule has 2 aromatic heterocycles. The molecule has 0 bridgehead atoms. The van der Waals surface area contributed by atoms with Gasteiger partial charge in [-0.3, -0.25) is 4.79 Å². The monoisotopic (exact) mass is 352 g/mol. The van der Waals surface area contributed by atoms with Crippen LogP contribution in [0.2, 0.25) is 0 Å². The van der Waals surface area contributed by atoms with Crippen molar-refractivity contribution in [3.8, 4) is 17.3 Å². The molecule has 2 heterocycles. The van der Waals surface area contributed by atoms with Gasteiger partial charge in [-0.15, -0.1) is 0 Å². The number of amides is 1. The number of hydrogen-bond acceptors (Lipinski definition) is 5. The SMILES string of the molecule is COc1ccc(CNC(=O)c2ccc(-n3ccc(C)n3)nc2)cc1OC. The van der Waals surface area contributed by atoms with Gasteiger partial charge in [0.05, 0.1) is 25.5 Å². The molecular formula is C19H20N4O3. The lowest BCUT2D eigenvalue weighted by Crippen LogP contribution is -2.23. The second-order valence-corrected chi connectivity index (χ2v) is 5.68. The van der Waals surface area contributed by atoms with Gasteiger partial charge in [0.1, 0.15) is 0 Å². The van der Waals surface area contributed by atoms with E-state index < -0.39 is 0 Å². The summed E-state index contributed by atoms with van der Waals surface area (Å²) in [5.41, 5.74) is 2.30. The Hall–Kier alpha value is -3.35. The smallest absolute Gasteiger partial charge is 0.253 e. The zero-order valence-corrected chi connectivity index (χ0v) is 14.9. The summed E-state index contributed by atoms with van der Waals surface area (Å²) in [5.74, 6) is 1.74. The second kappa shape index (κ2) is 7.69. The number of carbonyl (C=O) groups excluding carboxylic acids is 1. The first-order valence-electron chi connectivity index (χ1n) is 8.08. The number of pyridine rings is 1. The maximum atomic E-state index is 12.3. The van der Waals surface area contributed by atoms with E-state index in [-0.39, 0.29) is 5.91 Å². The summed E-state index contributed by atoms with van der Waals surface area (Å²) in [7, 11) is 3.16. The van der Waals surface area contributed by atoms with Gasteiger partial charge < -0.3 is 14.8 Å². The first-order chi connectivity index (χ1) is 12.6. The molecule has 7 heteroatoms. The summed E-state index contributed by atoms with van der Waals surface area (Å²) >= 11 is 0. The molecule has 0 atom stereocenters. The van der Waals surface area contributed by atoms with Crippen molar-refractivity contribution >= 4 is 5.91 Å². The van der Waals surface area contributed by atoms with E-state index in [0.717, 1.165) is 11.3 Å². The van der Waals surface area contributed by atoms with Crippen LogP contribution in [0.25, 0.3) is 5.82 Å². The fourth-order valence-electron chi connectivity index (χ4n) is 2.47. The number of methoxy groups -OCH3 is 2. The summed E-state index contributed by atoms with van der Waals surface area (Å²) in [4.78, 5) is 16.6. The Balaban J connectivity index is 1.65. The molecule has 0 fully saturated rings. The quantitative estimate of drug-likeness (QED) is 0.737. The first kappa shape index (κ1) is 17.5. The molecule has 1 amide bonds. The minimum Gasteiger partial charge on any atom is -0.493 e. The zero-order chi connectivity index (χ0) is 18.5. The highest BCUT2D eigenvalue weighted by Crippen LogP contribution is 2.27. The lowest BCUT2D eigenvalue weighted by molar-refractivity contribution is 0.0950. The highest BCUT2D eigenvalue weighted by Gasteiger charge is 2.09. The number of aromatic nitrogens is 3. The molecular weight excluding hydrogens is 332 g/mol. The van der Waals surface area contributed by atoms with E-state index in [9.17, 15) is 4.79 Å². The Morgan fingerprint density at radius 2 is 1.92 bits per heavy atom. The molecule has 0 spiro atoms. The maximum absolute atomic E-state index is 12.3. The molecule has 26 heavy (non-hydrogen) atoms. The van der Waals surface area contributed by atoms with Gasteiger partial charge in [-0.05, 0) is 42.8 Å². The van der Waals surface area contributed by atoms with E-state index in [1.54, 1.807) is 31.0 Å². The zero-order valence-electron chi connectivity index (χ0n) is 14.9. The maximum Gasteiger partial charge on any atom is 0.253 e. The predicted molar refractivity (Wildman–Crippen MR) is 96.8 cm³/mol. The van der Waals surface area contributed by atoms with Crippen LogP contribution in [-0.2, 0) is 6.54 Å². The third-order valence-electron chi connectivity index (χ3n) is 3.87. The molecule has 1 N–H and O–H groups in total. The molecule has 1 aromatic carbocycles. The highest BCUT2D eigenvalue weighted by atomic mass is 16.5. The topological polar surface area (TPSA) is 78.3 Å². The molecule has 0 aliphatic carbocycles. The van der Waals surface area contributed by atoms with Crippen molar-refractivity contribution in [1.29, 1.82) is 0 Å². The Kier molecular flexibility index (Phi) is 5.17. The Morgan fingerprint density at radius 3 is 2.54 bits per heavy atom. The minimum absolute atomic E-state index is 0.199. The van der Waals surface area contributed by atoms with Crippen molar-refractivity contribution in [3.63, 3.8) is 0 Å². The number of rotatable bonds is 6. The third kappa shape index (κ3) is 3.83. The van der Waals surface area contributed by atoms with E-state index >= 15 is 0 Å². The van der Waals surface area contributed by atoms with Gasteiger partial charge >= 0.3 is 0 Å². The van der Waals surface area contributed by atoms with Crippen molar-refractivity contribution in [1.82, 2.24) is 20.1 Å². The van der Waals surface area contributed by atoms with Crippen LogP contribution in [0.4, 0.5) is 0 Å². The summed E-state index contributed by atoms with van der Waals surface area (Å²) in [5, 5.41) is 7.16. The van der Waals surface area contributed by atoms with Crippen LogP contribution in [0.1, 0.15) is 21.6 Å². The average molecular weight is 352 g/mol. The second-order valence-electron chi connectivity index (χ2n) is 5.68. The van der Waals surface area contributed by atoms with Gasteiger partial charge in [0.25, 0.3) is 5.91 Å². The number of ether oxygens (including phenoxy) is 2. The Labute approximate surface area is 151 Å². The summed E-state index contributed by atoms with van der Waals surface area (Å²) in [6.45, 7) is 2.28. The summed E-state index contributed by atoms with van der Waals surface area (Å²) in [6.07, 6.45) is 3.37. The average Bonchev–Trinajstić information content (AvgIpc) is 3.12. The van der Waals surface area contributed by atoms with Crippen LogP contribution < -0.4 is 14.8 Å². The largest absolute Gasteiger partial charge is 0.493 e. The highest BCUT2D eigenvalue weighted by molar-refractivity contribution is 5.93. The number of nitrogens with one attached hydrogen (secondary N) is 1. The molecule has 0 saturated carbocycles. The standard InChI is InChI=1S/C19H20N4O3/c1-13-8-9-23(22-13)18-7-5-15(12-20-18)19(24)21-11-14-4-6-16(25-2)17(10-14)26-3/h4-10,12H,11H2,1-3H3,(H,21,24). The number of hydrogen-bond donors (Lipinski definition) is 1. The minimum atomic E-state index is -0.199. The van der Waals surface area contributed by atoms with E-state index in [1.807, 2.05) is 37.4 Å². The molecule has 0 radical (unpaired) electrons. The van der Waals surface area contributed by atoms with Crippen LogP contribution in [0.3, 0.4) is 0 Å². The van der Waals surface area contributed by atoms with Crippen molar-refractivity contribution in [2.45, 2.75) is 13.5 Å². The van der Waals surface area contributed by atoms with Crippen LogP contribution in [-0.4, -0.2) is 34.9 Å². The first-order valence-corrected chi connectivity index (χ1v) is 8.08. The van der Waals surface area contributed by atoms with Crippen molar-refractivity contribution < 1.29 is 14.3 Å². The lowest BCUT2D eigenvalue weighted by Gasteiger charge is -2.10. The van der Waals surface area contributed by atoms with Crippen LogP contribution in [0, 0.1) is 6.92 Å². The van der Waals surface area contributed by atoms with Gasteiger partial charge in [0.2, 0.25) is 0 Å². The van der Waals surface area contributed by atoms with Gasteiger partial charge in [-0.2, -0.15) is 5.10 Å². The van der Waals surface area contributed by atoms with E-state index in [0.29, 0.717) is 29.4 Å². The van der Waals surface area contributed by atoms with E-state index in [4.69, 9.17) is 9.47 Å². The lowest BCUT2D eigenvalue weighted by atomic mass is 10.2. The molecule has 0 unspecified atom stereocenters. The van der Waals surface area contributed by atoms with Crippen molar-refractivity contribution in [3.05, 3.63) is 65.6 Å². The number of carbonyl (C=O) groups is 1. The Bertz CT molecular complexity index is 903. The molecule has 134 valence electrons. The van der Waals surface area contributed by atoms with Crippen molar-refractivity contribution in [2.24, 2.45) is 0 Å². The van der Waals surface area contributed by atoms with Crippen molar-refractivity contribution in [2.75, 3.05) is 14.2 Å².